The quantitative estimate of drug-likeness (QED) is 0.624. The van der Waals surface area contributed by atoms with Crippen molar-refractivity contribution in [2.24, 2.45) is 0 Å². The molecule has 0 atom stereocenters. The van der Waals surface area contributed by atoms with E-state index in [9.17, 15) is 4.79 Å². The van der Waals surface area contributed by atoms with Gasteiger partial charge in [-0.3, -0.25) is 4.79 Å². The maximum absolute atomic E-state index is 12.7. The number of hydrogen-bond acceptors (Lipinski definition) is 4. The summed E-state index contributed by atoms with van der Waals surface area (Å²) in [7, 11) is 0. The number of aryl methyl sites for hydroxylation is 2. The summed E-state index contributed by atoms with van der Waals surface area (Å²) in [6.07, 6.45) is 1.62. The van der Waals surface area contributed by atoms with E-state index >= 15 is 0 Å². The lowest BCUT2D eigenvalue weighted by Gasteiger charge is -2.22. The molecule has 0 saturated heterocycles. The van der Waals surface area contributed by atoms with Crippen LogP contribution in [0.3, 0.4) is 0 Å². The molecular formula is C20H21NO3S. The van der Waals surface area contributed by atoms with Crippen LogP contribution in [0.1, 0.15) is 21.8 Å². The fourth-order valence-electron chi connectivity index (χ4n) is 2.50. The number of benzene rings is 1. The van der Waals surface area contributed by atoms with Gasteiger partial charge in [-0.05, 0) is 60.7 Å². The highest BCUT2D eigenvalue weighted by Crippen LogP contribution is 2.20. The SMILES string of the molecule is Cc1cccc(OCC(=O)N(Cc2ccco2)Cc2sccc2C)c1. The molecule has 0 unspecified atom stereocenters. The average molecular weight is 355 g/mol. The van der Waals surface area contributed by atoms with Crippen molar-refractivity contribution in [2.75, 3.05) is 6.61 Å². The van der Waals surface area contributed by atoms with E-state index in [1.165, 1.54) is 10.4 Å². The highest BCUT2D eigenvalue weighted by Gasteiger charge is 2.18. The lowest BCUT2D eigenvalue weighted by Crippen LogP contribution is -2.34. The van der Waals surface area contributed by atoms with Crippen LogP contribution < -0.4 is 4.74 Å². The predicted molar refractivity (Wildman–Crippen MR) is 98.7 cm³/mol. The molecule has 5 heteroatoms. The number of hydrogen-bond donors (Lipinski definition) is 0. The van der Waals surface area contributed by atoms with Gasteiger partial charge in [-0.1, -0.05) is 12.1 Å². The first kappa shape index (κ1) is 17.3. The van der Waals surface area contributed by atoms with E-state index in [1.807, 2.05) is 48.7 Å². The molecule has 130 valence electrons. The Bertz CT molecular complexity index is 823. The van der Waals surface area contributed by atoms with Crippen LogP contribution in [0, 0.1) is 13.8 Å². The summed E-state index contributed by atoms with van der Waals surface area (Å²) in [4.78, 5) is 15.7. The molecule has 0 aliphatic rings. The first-order valence-electron chi connectivity index (χ1n) is 8.14. The zero-order valence-corrected chi connectivity index (χ0v) is 15.2. The standard InChI is InChI=1S/C20H21NO3S/c1-15-5-3-6-17(11-15)24-14-20(22)21(12-18-7-4-9-23-18)13-19-16(2)8-10-25-19/h3-11H,12-14H2,1-2H3. The van der Waals surface area contributed by atoms with Crippen molar-refractivity contribution in [1.29, 1.82) is 0 Å². The Balaban J connectivity index is 1.68. The molecule has 0 radical (unpaired) electrons. The zero-order valence-electron chi connectivity index (χ0n) is 14.4. The van der Waals surface area contributed by atoms with Crippen molar-refractivity contribution < 1.29 is 13.9 Å². The van der Waals surface area contributed by atoms with Crippen LogP contribution >= 0.6 is 11.3 Å². The molecule has 0 spiro atoms. The molecule has 3 aromatic rings. The van der Waals surface area contributed by atoms with Crippen LogP contribution in [0.25, 0.3) is 0 Å². The first-order chi connectivity index (χ1) is 12.1. The van der Waals surface area contributed by atoms with Crippen LogP contribution in [0.4, 0.5) is 0 Å². The maximum atomic E-state index is 12.7. The fraction of sp³-hybridized carbons (Fsp3) is 0.250. The topological polar surface area (TPSA) is 42.7 Å². The minimum Gasteiger partial charge on any atom is -0.484 e. The smallest absolute Gasteiger partial charge is 0.261 e. The van der Waals surface area contributed by atoms with E-state index < -0.39 is 0 Å². The van der Waals surface area contributed by atoms with E-state index in [4.69, 9.17) is 9.15 Å². The lowest BCUT2D eigenvalue weighted by atomic mass is 10.2. The minimum atomic E-state index is -0.0642. The molecule has 0 fully saturated rings. The van der Waals surface area contributed by atoms with E-state index in [2.05, 4.69) is 13.0 Å². The second kappa shape index (κ2) is 8.03. The van der Waals surface area contributed by atoms with Crippen LogP contribution in [0.5, 0.6) is 5.75 Å². The van der Waals surface area contributed by atoms with E-state index in [0.29, 0.717) is 18.8 Å². The summed E-state index contributed by atoms with van der Waals surface area (Å²) in [5.41, 5.74) is 2.30. The number of rotatable bonds is 7. The summed E-state index contributed by atoms with van der Waals surface area (Å²) in [6.45, 7) is 5.05. The number of carbonyl (C=O) groups excluding carboxylic acids is 1. The van der Waals surface area contributed by atoms with Gasteiger partial charge in [0.2, 0.25) is 0 Å². The number of carbonyl (C=O) groups is 1. The third-order valence-electron chi connectivity index (χ3n) is 3.93. The van der Waals surface area contributed by atoms with Crippen LogP contribution in [0.15, 0.2) is 58.5 Å². The summed E-state index contributed by atoms with van der Waals surface area (Å²) in [5, 5.41) is 2.05. The summed E-state index contributed by atoms with van der Waals surface area (Å²) < 4.78 is 11.1. The molecule has 0 aliphatic heterocycles. The lowest BCUT2D eigenvalue weighted by molar-refractivity contribution is -0.134. The van der Waals surface area contributed by atoms with Crippen LogP contribution in [0.2, 0.25) is 0 Å². The molecule has 2 aromatic heterocycles. The van der Waals surface area contributed by atoms with Crippen molar-refractivity contribution >= 4 is 17.2 Å². The number of ether oxygens (including phenoxy) is 1. The van der Waals surface area contributed by atoms with E-state index in [0.717, 1.165) is 11.3 Å². The van der Waals surface area contributed by atoms with Crippen molar-refractivity contribution in [3.63, 3.8) is 0 Å². The number of thiophene rings is 1. The van der Waals surface area contributed by atoms with Gasteiger partial charge >= 0.3 is 0 Å². The molecule has 1 amide bonds. The van der Waals surface area contributed by atoms with Gasteiger partial charge in [0, 0.05) is 4.88 Å². The van der Waals surface area contributed by atoms with Crippen LogP contribution in [-0.4, -0.2) is 17.4 Å². The molecule has 0 N–H and O–H groups in total. The van der Waals surface area contributed by atoms with Gasteiger partial charge in [0.05, 0.1) is 19.4 Å². The molecule has 25 heavy (non-hydrogen) atoms. The third-order valence-corrected chi connectivity index (χ3v) is 4.94. The van der Waals surface area contributed by atoms with Crippen LogP contribution in [-0.2, 0) is 17.9 Å². The molecule has 1 aromatic carbocycles. The Labute approximate surface area is 151 Å². The average Bonchev–Trinajstić information content (AvgIpc) is 3.24. The van der Waals surface area contributed by atoms with Crippen molar-refractivity contribution in [3.05, 3.63) is 75.9 Å². The Hall–Kier alpha value is -2.53. The second-order valence-electron chi connectivity index (χ2n) is 5.96. The summed E-state index contributed by atoms with van der Waals surface area (Å²) >= 11 is 1.66. The Morgan fingerprint density at radius 2 is 2.04 bits per heavy atom. The highest BCUT2D eigenvalue weighted by atomic mass is 32.1. The molecule has 0 saturated carbocycles. The Morgan fingerprint density at radius 1 is 1.16 bits per heavy atom. The Kier molecular flexibility index (Phi) is 5.56. The monoisotopic (exact) mass is 355 g/mol. The molecule has 0 bridgehead atoms. The number of furan rings is 1. The van der Waals surface area contributed by atoms with Gasteiger partial charge < -0.3 is 14.1 Å². The molecule has 4 nitrogen and oxygen atoms in total. The second-order valence-corrected chi connectivity index (χ2v) is 6.96. The molecule has 3 rings (SSSR count). The van der Waals surface area contributed by atoms with Crippen molar-refractivity contribution in [2.45, 2.75) is 26.9 Å². The van der Waals surface area contributed by atoms with Gasteiger partial charge in [0.1, 0.15) is 11.5 Å². The normalized spacial score (nSPS) is 10.6. The predicted octanol–water partition coefficient (Wildman–Crippen LogP) is 4.57. The molecule has 0 aliphatic carbocycles. The molecule has 2 heterocycles. The number of nitrogens with zero attached hydrogens (tertiary/aromatic N) is 1. The van der Waals surface area contributed by atoms with Gasteiger partial charge in [-0.2, -0.15) is 0 Å². The minimum absolute atomic E-state index is 0.00852. The Morgan fingerprint density at radius 3 is 2.72 bits per heavy atom. The van der Waals surface area contributed by atoms with Gasteiger partial charge in [-0.15, -0.1) is 11.3 Å². The maximum Gasteiger partial charge on any atom is 0.261 e. The summed E-state index contributed by atoms with van der Waals surface area (Å²) in [6, 6.07) is 13.5. The number of amides is 1. The first-order valence-corrected chi connectivity index (χ1v) is 9.02. The van der Waals surface area contributed by atoms with Gasteiger partial charge in [-0.25, -0.2) is 0 Å². The van der Waals surface area contributed by atoms with Gasteiger partial charge in [0.25, 0.3) is 5.91 Å². The largest absolute Gasteiger partial charge is 0.484 e. The van der Waals surface area contributed by atoms with Gasteiger partial charge in [0.15, 0.2) is 6.61 Å². The van der Waals surface area contributed by atoms with E-state index in [1.54, 1.807) is 22.5 Å². The zero-order chi connectivity index (χ0) is 17.6. The molecular weight excluding hydrogens is 334 g/mol. The van der Waals surface area contributed by atoms with E-state index in [-0.39, 0.29) is 12.5 Å². The highest BCUT2D eigenvalue weighted by molar-refractivity contribution is 7.10. The third kappa shape index (κ3) is 4.73. The fourth-order valence-corrected chi connectivity index (χ4v) is 3.42. The summed E-state index contributed by atoms with van der Waals surface area (Å²) in [5.74, 6) is 1.41. The van der Waals surface area contributed by atoms with Crippen molar-refractivity contribution in [1.82, 2.24) is 4.90 Å². The van der Waals surface area contributed by atoms with Crippen molar-refractivity contribution in [3.8, 4) is 5.75 Å².